The number of thiocarbonyl (C=S) groups is 1. The molecule has 0 amide bonds. The number of nitrogens with two attached hydrogens (primary N) is 1. The molecule has 0 aromatic carbocycles. The van der Waals surface area contributed by atoms with Gasteiger partial charge in [0.1, 0.15) is 10.8 Å². The maximum atomic E-state index is 12.4. The molecule has 0 bridgehead atoms. The van der Waals surface area contributed by atoms with Gasteiger partial charge in [-0.1, -0.05) is 12.2 Å². The van der Waals surface area contributed by atoms with Gasteiger partial charge in [-0.25, -0.2) is 4.39 Å². The highest BCUT2D eigenvalue weighted by molar-refractivity contribution is 7.80. The zero-order valence-electron chi connectivity index (χ0n) is 5.04. The van der Waals surface area contributed by atoms with Crippen molar-refractivity contribution >= 4 is 17.2 Å². The summed E-state index contributed by atoms with van der Waals surface area (Å²) in [4.78, 5) is 3.84. The van der Waals surface area contributed by atoms with Crippen LogP contribution >= 0.6 is 12.2 Å². The van der Waals surface area contributed by atoms with Crippen molar-refractivity contribution in [3.63, 3.8) is 0 Å². The van der Waals surface area contributed by atoms with Gasteiger partial charge in [-0.15, -0.1) is 0 Å². The number of rotatable bonds is 1. The molecule has 0 aliphatic rings. The van der Waals surface area contributed by atoms with E-state index in [1.165, 1.54) is 18.3 Å². The molecule has 0 spiro atoms. The van der Waals surface area contributed by atoms with E-state index in [4.69, 9.17) is 5.73 Å². The molecule has 0 saturated carbocycles. The van der Waals surface area contributed by atoms with Crippen LogP contribution in [-0.2, 0) is 0 Å². The van der Waals surface area contributed by atoms with Gasteiger partial charge in [-0.2, -0.15) is 0 Å². The van der Waals surface area contributed by atoms with Crippen molar-refractivity contribution in [2.75, 3.05) is 0 Å². The van der Waals surface area contributed by atoms with E-state index < -0.39 is 0 Å². The first kappa shape index (κ1) is 7.08. The van der Waals surface area contributed by atoms with Crippen molar-refractivity contribution in [3.05, 3.63) is 29.8 Å². The molecule has 10 heavy (non-hydrogen) atoms. The SMILES string of the molecule is NC(=S)c1cc(F)ccn1. The van der Waals surface area contributed by atoms with Crippen molar-refractivity contribution < 1.29 is 4.39 Å². The van der Waals surface area contributed by atoms with Crippen molar-refractivity contribution in [3.8, 4) is 0 Å². The first-order valence-corrected chi connectivity index (χ1v) is 3.02. The molecule has 4 heteroatoms. The Hall–Kier alpha value is -1.03. The highest BCUT2D eigenvalue weighted by Gasteiger charge is 1.97. The largest absolute Gasteiger partial charge is 0.388 e. The van der Waals surface area contributed by atoms with E-state index in [9.17, 15) is 4.39 Å². The minimum atomic E-state index is -0.377. The second kappa shape index (κ2) is 2.70. The standard InChI is InChI=1S/C6H5FN2S/c7-4-1-2-9-5(3-4)6(8)10/h1-3H,(H2,8,10). The van der Waals surface area contributed by atoms with Gasteiger partial charge >= 0.3 is 0 Å². The van der Waals surface area contributed by atoms with E-state index in [0.29, 0.717) is 5.69 Å². The molecule has 2 nitrogen and oxygen atoms in total. The lowest BCUT2D eigenvalue weighted by atomic mass is 10.3. The van der Waals surface area contributed by atoms with Crippen molar-refractivity contribution in [1.82, 2.24) is 4.98 Å². The van der Waals surface area contributed by atoms with Gasteiger partial charge in [0, 0.05) is 12.3 Å². The molecule has 0 fully saturated rings. The number of hydrogen-bond acceptors (Lipinski definition) is 2. The first-order valence-electron chi connectivity index (χ1n) is 2.61. The lowest BCUT2D eigenvalue weighted by Crippen LogP contribution is -2.11. The number of halogens is 1. The third-order valence-corrected chi connectivity index (χ3v) is 1.18. The molecule has 1 heterocycles. The quantitative estimate of drug-likeness (QED) is 0.613. The summed E-state index contributed by atoms with van der Waals surface area (Å²) >= 11 is 4.57. The second-order valence-corrected chi connectivity index (χ2v) is 2.16. The minimum absolute atomic E-state index is 0.111. The predicted octanol–water partition coefficient (Wildman–Crippen LogP) is 0.855. The van der Waals surface area contributed by atoms with Gasteiger partial charge in [0.25, 0.3) is 0 Å². The van der Waals surface area contributed by atoms with Gasteiger partial charge in [0.2, 0.25) is 0 Å². The molecular weight excluding hydrogens is 151 g/mol. The lowest BCUT2D eigenvalue weighted by Gasteiger charge is -1.94. The molecule has 1 aromatic rings. The highest BCUT2D eigenvalue weighted by Crippen LogP contribution is 1.98. The third kappa shape index (κ3) is 1.48. The minimum Gasteiger partial charge on any atom is -0.388 e. The van der Waals surface area contributed by atoms with Crippen LogP contribution in [0.4, 0.5) is 4.39 Å². The Kier molecular flexibility index (Phi) is 1.91. The normalized spacial score (nSPS) is 9.30. The fraction of sp³-hybridized carbons (Fsp3) is 0. The molecule has 0 aliphatic carbocycles. The Balaban J connectivity index is 3.07. The summed E-state index contributed by atoms with van der Waals surface area (Å²) in [5.41, 5.74) is 5.50. The van der Waals surface area contributed by atoms with Crippen LogP contribution in [0.25, 0.3) is 0 Å². The van der Waals surface area contributed by atoms with Crippen LogP contribution in [0.5, 0.6) is 0 Å². The Labute approximate surface area is 62.9 Å². The lowest BCUT2D eigenvalue weighted by molar-refractivity contribution is 0.625. The van der Waals surface area contributed by atoms with Crippen LogP contribution < -0.4 is 5.73 Å². The van der Waals surface area contributed by atoms with Crippen LogP contribution in [0.15, 0.2) is 18.3 Å². The zero-order chi connectivity index (χ0) is 7.56. The van der Waals surface area contributed by atoms with Crippen LogP contribution in [-0.4, -0.2) is 9.97 Å². The third-order valence-electron chi connectivity index (χ3n) is 0.974. The molecule has 0 radical (unpaired) electrons. The van der Waals surface area contributed by atoms with Gasteiger partial charge in [0.15, 0.2) is 0 Å². The molecule has 0 atom stereocenters. The molecule has 1 rings (SSSR count). The molecule has 0 unspecified atom stereocenters. The summed E-state index contributed by atoms with van der Waals surface area (Å²) in [6.07, 6.45) is 1.32. The molecule has 1 aromatic heterocycles. The van der Waals surface area contributed by atoms with Crippen LogP contribution in [0.1, 0.15) is 5.69 Å². The van der Waals surface area contributed by atoms with Gasteiger partial charge in [-0.3, -0.25) is 4.98 Å². The number of aromatic nitrogens is 1. The fourth-order valence-corrected chi connectivity index (χ4v) is 0.651. The van der Waals surface area contributed by atoms with Gasteiger partial charge < -0.3 is 5.73 Å². The smallest absolute Gasteiger partial charge is 0.127 e. The monoisotopic (exact) mass is 156 g/mol. The molecular formula is C6H5FN2S. The Morgan fingerprint density at radius 3 is 2.80 bits per heavy atom. The average molecular weight is 156 g/mol. The summed E-state index contributed by atoms with van der Waals surface area (Å²) < 4.78 is 12.4. The summed E-state index contributed by atoms with van der Waals surface area (Å²) in [6.45, 7) is 0. The summed E-state index contributed by atoms with van der Waals surface area (Å²) in [6, 6.07) is 2.43. The van der Waals surface area contributed by atoms with Gasteiger partial charge in [-0.05, 0) is 6.07 Å². The maximum absolute atomic E-state index is 12.4. The molecule has 2 N–H and O–H groups in total. The zero-order valence-corrected chi connectivity index (χ0v) is 5.86. The Morgan fingerprint density at radius 1 is 1.70 bits per heavy atom. The van der Waals surface area contributed by atoms with E-state index in [1.807, 2.05) is 0 Å². The van der Waals surface area contributed by atoms with Crippen molar-refractivity contribution in [1.29, 1.82) is 0 Å². The number of pyridine rings is 1. The predicted molar refractivity (Wildman–Crippen MR) is 40.1 cm³/mol. The maximum Gasteiger partial charge on any atom is 0.127 e. The summed E-state index contributed by atoms with van der Waals surface area (Å²) in [5, 5.41) is 0. The average Bonchev–Trinajstić information content (AvgIpc) is 1.88. The number of nitrogens with zero attached hydrogens (tertiary/aromatic N) is 1. The topological polar surface area (TPSA) is 38.9 Å². The second-order valence-electron chi connectivity index (χ2n) is 1.72. The Morgan fingerprint density at radius 2 is 2.40 bits per heavy atom. The van der Waals surface area contributed by atoms with Crippen LogP contribution in [0, 0.1) is 5.82 Å². The van der Waals surface area contributed by atoms with E-state index in [1.54, 1.807) is 0 Å². The van der Waals surface area contributed by atoms with Crippen molar-refractivity contribution in [2.24, 2.45) is 5.73 Å². The van der Waals surface area contributed by atoms with E-state index in [0.717, 1.165) is 0 Å². The Bertz CT molecular complexity index is 262. The molecule has 0 aliphatic heterocycles. The van der Waals surface area contributed by atoms with E-state index in [-0.39, 0.29) is 10.8 Å². The summed E-state index contributed by atoms with van der Waals surface area (Å²) in [7, 11) is 0. The van der Waals surface area contributed by atoms with Crippen LogP contribution in [0.3, 0.4) is 0 Å². The van der Waals surface area contributed by atoms with Crippen molar-refractivity contribution in [2.45, 2.75) is 0 Å². The summed E-state index contributed by atoms with van der Waals surface area (Å²) in [5.74, 6) is -0.377. The van der Waals surface area contributed by atoms with E-state index in [2.05, 4.69) is 17.2 Å². The van der Waals surface area contributed by atoms with Crippen LogP contribution in [0.2, 0.25) is 0 Å². The highest BCUT2D eigenvalue weighted by atomic mass is 32.1. The number of hydrogen-bond donors (Lipinski definition) is 1. The molecule has 52 valence electrons. The first-order chi connectivity index (χ1) is 4.70. The van der Waals surface area contributed by atoms with E-state index >= 15 is 0 Å². The van der Waals surface area contributed by atoms with Gasteiger partial charge in [0.05, 0.1) is 5.69 Å². The fourth-order valence-electron chi connectivity index (χ4n) is 0.540. The molecule has 0 saturated heterocycles.